The average Bonchev–Trinajstić information content (AvgIpc) is 3.06. The predicted molar refractivity (Wildman–Crippen MR) is 105 cm³/mol. The van der Waals surface area contributed by atoms with Gasteiger partial charge in [0.25, 0.3) is 5.91 Å². The summed E-state index contributed by atoms with van der Waals surface area (Å²) in [4.78, 5) is 17.0. The standard InChI is InChI=1S/C20H22N4OS/c1-2-26-20-21-14-18(24(20)15-17-11-7-4-8-12-17)19(25)23-22-13-16-9-5-3-6-10-16/h3-12,14,22H,2,13,15H2,1H3,(H,23,25). The van der Waals surface area contributed by atoms with Gasteiger partial charge in [-0.15, -0.1) is 0 Å². The number of aromatic nitrogens is 2. The van der Waals surface area contributed by atoms with Gasteiger partial charge in [-0.05, 0) is 16.9 Å². The lowest BCUT2D eigenvalue weighted by atomic mass is 10.2. The molecule has 2 N–H and O–H groups in total. The molecule has 134 valence electrons. The molecular weight excluding hydrogens is 344 g/mol. The van der Waals surface area contributed by atoms with Gasteiger partial charge in [-0.1, -0.05) is 79.3 Å². The van der Waals surface area contributed by atoms with E-state index in [1.165, 1.54) is 0 Å². The van der Waals surface area contributed by atoms with Crippen molar-refractivity contribution in [2.75, 3.05) is 5.75 Å². The Morgan fingerprint density at radius 2 is 1.69 bits per heavy atom. The highest BCUT2D eigenvalue weighted by Crippen LogP contribution is 2.20. The van der Waals surface area contributed by atoms with Crippen LogP contribution < -0.4 is 10.9 Å². The van der Waals surface area contributed by atoms with Crippen molar-refractivity contribution in [3.8, 4) is 0 Å². The van der Waals surface area contributed by atoms with E-state index in [9.17, 15) is 4.79 Å². The highest BCUT2D eigenvalue weighted by atomic mass is 32.2. The molecule has 2 aromatic carbocycles. The van der Waals surface area contributed by atoms with Crippen LogP contribution in [0.2, 0.25) is 0 Å². The molecule has 5 nitrogen and oxygen atoms in total. The van der Waals surface area contributed by atoms with Gasteiger partial charge >= 0.3 is 0 Å². The van der Waals surface area contributed by atoms with Crippen LogP contribution in [0.1, 0.15) is 28.5 Å². The van der Waals surface area contributed by atoms with E-state index in [-0.39, 0.29) is 5.91 Å². The van der Waals surface area contributed by atoms with Gasteiger partial charge in [-0.3, -0.25) is 10.2 Å². The van der Waals surface area contributed by atoms with Crippen molar-refractivity contribution in [1.29, 1.82) is 0 Å². The number of hydrazine groups is 1. The lowest BCUT2D eigenvalue weighted by Gasteiger charge is -2.12. The molecule has 0 unspecified atom stereocenters. The van der Waals surface area contributed by atoms with Crippen LogP contribution in [0.25, 0.3) is 0 Å². The number of amides is 1. The second-order valence-electron chi connectivity index (χ2n) is 5.72. The number of thioether (sulfide) groups is 1. The molecule has 0 radical (unpaired) electrons. The zero-order valence-electron chi connectivity index (χ0n) is 14.7. The molecule has 0 bridgehead atoms. The zero-order chi connectivity index (χ0) is 18.2. The molecule has 0 fully saturated rings. The first kappa shape index (κ1) is 18.2. The van der Waals surface area contributed by atoms with Crippen molar-refractivity contribution in [1.82, 2.24) is 20.4 Å². The summed E-state index contributed by atoms with van der Waals surface area (Å²) < 4.78 is 1.96. The number of nitrogens with zero attached hydrogens (tertiary/aromatic N) is 2. The number of carbonyl (C=O) groups is 1. The van der Waals surface area contributed by atoms with Crippen LogP contribution in [0.4, 0.5) is 0 Å². The molecule has 0 saturated carbocycles. The molecular formula is C20H22N4OS. The third-order valence-corrected chi connectivity index (χ3v) is 4.72. The van der Waals surface area contributed by atoms with Crippen molar-refractivity contribution < 1.29 is 4.79 Å². The number of hydrogen-bond acceptors (Lipinski definition) is 4. The zero-order valence-corrected chi connectivity index (χ0v) is 15.5. The van der Waals surface area contributed by atoms with Gasteiger partial charge in [-0.2, -0.15) is 0 Å². The number of carbonyl (C=O) groups excluding carboxylic acids is 1. The maximum Gasteiger partial charge on any atom is 0.283 e. The van der Waals surface area contributed by atoms with E-state index in [0.717, 1.165) is 22.0 Å². The second kappa shape index (κ2) is 9.22. The minimum atomic E-state index is -0.188. The fourth-order valence-electron chi connectivity index (χ4n) is 2.59. The van der Waals surface area contributed by atoms with E-state index in [1.54, 1.807) is 18.0 Å². The fourth-order valence-corrected chi connectivity index (χ4v) is 3.29. The van der Waals surface area contributed by atoms with Crippen LogP contribution in [0.15, 0.2) is 72.0 Å². The van der Waals surface area contributed by atoms with Crippen LogP contribution in [-0.4, -0.2) is 21.2 Å². The van der Waals surface area contributed by atoms with E-state index in [0.29, 0.717) is 18.8 Å². The topological polar surface area (TPSA) is 59.0 Å². The summed E-state index contributed by atoms with van der Waals surface area (Å²) in [5.74, 6) is 0.714. The van der Waals surface area contributed by atoms with Crippen molar-refractivity contribution in [2.45, 2.75) is 25.2 Å². The Morgan fingerprint density at radius 1 is 1.04 bits per heavy atom. The Bertz CT molecular complexity index is 834. The molecule has 3 aromatic rings. The quantitative estimate of drug-likeness (QED) is 0.473. The minimum Gasteiger partial charge on any atom is -0.310 e. The lowest BCUT2D eigenvalue weighted by Crippen LogP contribution is -2.38. The number of benzene rings is 2. The first-order valence-corrected chi connectivity index (χ1v) is 9.56. The molecule has 3 rings (SSSR count). The highest BCUT2D eigenvalue weighted by molar-refractivity contribution is 7.99. The third kappa shape index (κ3) is 4.74. The minimum absolute atomic E-state index is 0.188. The van der Waals surface area contributed by atoms with Gasteiger partial charge in [0.2, 0.25) is 0 Å². The lowest BCUT2D eigenvalue weighted by molar-refractivity contribution is 0.0922. The smallest absolute Gasteiger partial charge is 0.283 e. The molecule has 0 aliphatic carbocycles. The van der Waals surface area contributed by atoms with Crippen molar-refractivity contribution in [3.05, 3.63) is 83.7 Å². The Labute approximate surface area is 157 Å². The van der Waals surface area contributed by atoms with Gasteiger partial charge < -0.3 is 4.57 Å². The number of imidazole rings is 1. The summed E-state index contributed by atoms with van der Waals surface area (Å²) in [6.07, 6.45) is 1.64. The molecule has 1 aromatic heterocycles. The fraction of sp³-hybridized carbons (Fsp3) is 0.200. The SMILES string of the molecule is CCSc1ncc(C(=O)NNCc2ccccc2)n1Cc1ccccc1. The number of nitrogens with one attached hydrogen (secondary N) is 2. The molecule has 0 saturated heterocycles. The summed E-state index contributed by atoms with van der Waals surface area (Å²) in [5.41, 5.74) is 8.54. The van der Waals surface area contributed by atoms with Crippen LogP contribution in [-0.2, 0) is 13.1 Å². The molecule has 1 heterocycles. The van der Waals surface area contributed by atoms with E-state index in [4.69, 9.17) is 0 Å². The van der Waals surface area contributed by atoms with Crippen LogP contribution in [0, 0.1) is 0 Å². The van der Waals surface area contributed by atoms with Crippen LogP contribution >= 0.6 is 11.8 Å². The molecule has 1 amide bonds. The van der Waals surface area contributed by atoms with Crippen LogP contribution in [0.5, 0.6) is 0 Å². The van der Waals surface area contributed by atoms with Crippen molar-refractivity contribution in [3.63, 3.8) is 0 Å². The van der Waals surface area contributed by atoms with Gasteiger partial charge in [-0.25, -0.2) is 10.4 Å². The van der Waals surface area contributed by atoms with E-state index < -0.39 is 0 Å². The summed E-state index contributed by atoms with van der Waals surface area (Å²) in [6, 6.07) is 20.0. The Balaban J connectivity index is 1.70. The second-order valence-corrected chi connectivity index (χ2v) is 6.96. The molecule has 0 aliphatic rings. The summed E-state index contributed by atoms with van der Waals surface area (Å²) in [7, 11) is 0. The Hall–Kier alpha value is -2.57. The van der Waals surface area contributed by atoms with E-state index in [2.05, 4.69) is 34.9 Å². The largest absolute Gasteiger partial charge is 0.310 e. The summed E-state index contributed by atoms with van der Waals surface area (Å²) >= 11 is 1.63. The first-order chi connectivity index (χ1) is 12.8. The van der Waals surface area contributed by atoms with Crippen molar-refractivity contribution in [2.24, 2.45) is 0 Å². The number of rotatable bonds is 8. The molecule has 0 atom stereocenters. The normalized spacial score (nSPS) is 10.7. The Morgan fingerprint density at radius 3 is 2.35 bits per heavy atom. The third-order valence-electron chi connectivity index (χ3n) is 3.85. The van der Waals surface area contributed by atoms with Gasteiger partial charge in [0.05, 0.1) is 12.7 Å². The molecule has 0 spiro atoms. The first-order valence-electron chi connectivity index (χ1n) is 8.57. The highest BCUT2D eigenvalue weighted by Gasteiger charge is 2.16. The molecule has 0 aliphatic heterocycles. The van der Waals surface area contributed by atoms with E-state index in [1.807, 2.05) is 53.1 Å². The number of hydrogen-bond donors (Lipinski definition) is 2. The van der Waals surface area contributed by atoms with Crippen LogP contribution in [0.3, 0.4) is 0 Å². The Kier molecular flexibility index (Phi) is 6.46. The summed E-state index contributed by atoms with van der Waals surface area (Å²) in [5, 5.41) is 0.851. The van der Waals surface area contributed by atoms with Gasteiger partial charge in [0, 0.05) is 6.54 Å². The van der Waals surface area contributed by atoms with Gasteiger partial charge in [0.1, 0.15) is 5.69 Å². The summed E-state index contributed by atoms with van der Waals surface area (Å²) in [6.45, 7) is 3.26. The molecule has 6 heteroatoms. The maximum atomic E-state index is 12.6. The average molecular weight is 366 g/mol. The van der Waals surface area contributed by atoms with E-state index >= 15 is 0 Å². The van der Waals surface area contributed by atoms with Gasteiger partial charge in [0.15, 0.2) is 5.16 Å². The van der Waals surface area contributed by atoms with Crippen molar-refractivity contribution >= 4 is 17.7 Å². The maximum absolute atomic E-state index is 12.6. The predicted octanol–water partition coefficient (Wildman–Crippen LogP) is 3.48. The monoisotopic (exact) mass is 366 g/mol. The molecule has 26 heavy (non-hydrogen) atoms.